The molecule has 0 bridgehead atoms. The van der Waals surface area contributed by atoms with E-state index in [-0.39, 0.29) is 0 Å². The highest BCUT2D eigenvalue weighted by molar-refractivity contribution is 7.13. The molecule has 0 spiro atoms. The monoisotopic (exact) mass is 285 g/mol. The van der Waals surface area contributed by atoms with Crippen LogP contribution in [0.1, 0.15) is 6.92 Å². The molecule has 1 unspecified atom stereocenters. The Morgan fingerprint density at radius 3 is 2.80 bits per heavy atom. The summed E-state index contributed by atoms with van der Waals surface area (Å²) in [6, 6.07) is 11.9. The molecule has 1 atom stereocenters. The van der Waals surface area contributed by atoms with Gasteiger partial charge in [0.15, 0.2) is 5.82 Å². The molecule has 0 aliphatic rings. The highest BCUT2D eigenvalue weighted by Gasteiger charge is 2.10. The summed E-state index contributed by atoms with van der Waals surface area (Å²) in [6.07, 6.45) is -0.422. The molecule has 0 amide bonds. The van der Waals surface area contributed by atoms with Gasteiger partial charge in [0.05, 0.1) is 16.5 Å². The number of para-hydroxylation sites is 1. The number of thiophene rings is 1. The standard InChI is InChI=1S/C15H15N3OS/c1-10(19)9-16-14-11-5-2-3-6-12(11)17-15(18-14)13-7-4-8-20-13/h2-8,10,19H,9H2,1H3,(H,16,17,18). The van der Waals surface area contributed by atoms with E-state index >= 15 is 0 Å². The molecule has 0 aliphatic carbocycles. The van der Waals surface area contributed by atoms with Gasteiger partial charge in [-0.2, -0.15) is 0 Å². The number of nitrogens with one attached hydrogen (secondary N) is 1. The van der Waals surface area contributed by atoms with E-state index in [2.05, 4.69) is 15.3 Å². The van der Waals surface area contributed by atoms with Crippen LogP contribution in [0.2, 0.25) is 0 Å². The van der Waals surface area contributed by atoms with E-state index in [0.29, 0.717) is 12.4 Å². The molecule has 3 aromatic rings. The Hall–Kier alpha value is -1.98. The molecule has 20 heavy (non-hydrogen) atoms. The maximum atomic E-state index is 9.44. The van der Waals surface area contributed by atoms with Crippen LogP contribution in [0.3, 0.4) is 0 Å². The lowest BCUT2D eigenvalue weighted by molar-refractivity contribution is 0.208. The molecule has 4 nitrogen and oxygen atoms in total. The summed E-state index contributed by atoms with van der Waals surface area (Å²) >= 11 is 1.62. The van der Waals surface area contributed by atoms with Gasteiger partial charge in [0.2, 0.25) is 0 Å². The van der Waals surface area contributed by atoms with Crippen molar-refractivity contribution in [3.8, 4) is 10.7 Å². The lowest BCUT2D eigenvalue weighted by Crippen LogP contribution is -2.16. The number of rotatable bonds is 4. The number of aliphatic hydroxyl groups is 1. The van der Waals surface area contributed by atoms with Gasteiger partial charge in [-0.25, -0.2) is 9.97 Å². The van der Waals surface area contributed by atoms with Crippen LogP contribution in [0.15, 0.2) is 41.8 Å². The van der Waals surface area contributed by atoms with Crippen molar-refractivity contribution in [2.24, 2.45) is 0 Å². The van der Waals surface area contributed by atoms with E-state index in [1.807, 2.05) is 41.8 Å². The molecule has 0 radical (unpaired) electrons. The van der Waals surface area contributed by atoms with Crippen LogP contribution in [0.4, 0.5) is 5.82 Å². The molecule has 5 heteroatoms. The van der Waals surface area contributed by atoms with E-state index in [4.69, 9.17) is 0 Å². The zero-order valence-electron chi connectivity index (χ0n) is 11.1. The van der Waals surface area contributed by atoms with Crippen molar-refractivity contribution < 1.29 is 5.11 Å². The molecule has 0 fully saturated rings. The van der Waals surface area contributed by atoms with Crippen LogP contribution in [0.25, 0.3) is 21.6 Å². The quantitative estimate of drug-likeness (QED) is 0.773. The number of fused-ring (bicyclic) bond motifs is 1. The molecule has 0 saturated heterocycles. The van der Waals surface area contributed by atoms with E-state index < -0.39 is 6.10 Å². The maximum absolute atomic E-state index is 9.44. The van der Waals surface area contributed by atoms with Gasteiger partial charge in [-0.1, -0.05) is 18.2 Å². The number of nitrogens with zero attached hydrogens (tertiary/aromatic N) is 2. The normalized spacial score (nSPS) is 12.5. The summed E-state index contributed by atoms with van der Waals surface area (Å²) in [7, 11) is 0. The minimum Gasteiger partial charge on any atom is -0.392 e. The number of hydrogen-bond donors (Lipinski definition) is 2. The highest BCUT2D eigenvalue weighted by atomic mass is 32.1. The molecular weight excluding hydrogens is 270 g/mol. The summed E-state index contributed by atoms with van der Waals surface area (Å²) in [5.74, 6) is 1.48. The Morgan fingerprint density at radius 2 is 2.05 bits per heavy atom. The van der Waals surface area contributed by atoms with Gasteiger partial charge in [-0.3, -0.25) is 0 Å². The Balaban J connectivity index is 2.10. The molecule has 0 saturated carbocycles. The van der Waals surface area contributed by atoms with E-state index in [0.717, 1.165) is 21.6 Å². The Labute approximate surface area is 121 Å². The molecule has 2 aromatic heterocycles. The molecule has 102 valence electrons. The lowest BCUT2D eigenvalue weighted by Gasteiger charge is -2.11. The lowest BCUT2D eigenvalue weighted by atomic mass is 10.2. The van der Waals surface area contributed by atoms with Crippen molar-refractivity contribution in [1.82, 2.24) is 9.97 Å². The minimum atomic E-state index is -0.422. The zero-order chi connectivity index (χ0) is 13.9. The third kappa shape index (κ3) is 2.64. The van der Waals surface area contributed by atoms with Gasteiger partial charge in [-0.15, -0.1) is 11.3 Å². The van der Waals surface area contributed by atoms with Crippen molar-refractivity contribution >= 4 is 28.1 Å². The van der Waals surface area contributed by atoms with Crippen LogP contribution in [0.5, 0.6) is 0 Å². The predicted octanol–water partition coefficient (Wildman–Crippen LogP) is 3.15. The second-order valence-electron chi connectivity index (χ2n) is 4.62. The van der Waals surface area contributed by atoms with Crippen LogP contribution in [-0.4, -0.2) is 27.7 Å². The SMILES string of the molecule is CC(O)CNc1nc(-c2cccs2)nc2ccccc12. The fraction of sp³-hybridized carbons (Fsp3) is 0.200. The maximum Gasteiger partial charge on any atom is 0.172 e. The first-order valence-electron chi connectivity index (χ1n) is 6.46. The van der Waals surface area contributed by atoms with E-state index in [9.17, 15) is 5.11 Å². The average Bonchev–Trinajstić information content (AvgIpc) is 2.98. The Kier molecular flexibility index (Phi) is 3.62. The first-order chi connectivity index (χ1) is 9.74. The molecule has 3 rings (SSSR count). The topological polar surface area (TPSA) is 58.0 Å². The summed E-state index contributed by atoms with van der Waals surface area (Å²) in [6.45, 7) is 2.21. The summed E-state index contributed by atoms with van der Waals surface area (Å²) in [5, 5.41) is 15.6. The predicted molar refractivity (Wildman–Crippen MR) is 83.0 cm³/mol. The number of anilines is 1. The summed E-state index contributed by atoms with van der Waals surface area (Å²) < 4.78 is 0. The zero-order valence-corrected chi connectivity index (χ0v) is 11.9. The number of aromatic nitrogens is 2. The molecule has 1 aromatic carbocycles. The largest absolute Gasteiger partial charge is 0.392 e. The van der Waals surface area contributed by atoms with Gasteiger partial charge >= 0.3 is 0 Å². The second-order valence-corrected chi connectivity index (χ2v) is 5.57. The van der Waals surface area contributed by atoms with Gasteiger partial charge in [0, 0.05) is 11.9 Å². The molecular formula is C15H15N3OS. The van der Waals surface area contributed by atoms with Gasteiger partial charge in [-0.05, 0) is 30.5 Å². The van der Waals surface area contributed by atoms with Crippen molar-refractivity contribution in [3.05, 3.63) is 41.8 Å². The second kappa shape index (κ2) is 5.56. The van der Waals surface area contributed by atoms with Crippen molar-refractivity contribution in [1.29, 1.82) is 0 Å². The first kappa shape index (κ1) is 13.0. The third-order valence-corrected chi connectivity index (χ3v) is 3.78. The van der Waals surface area contributed by atoms with E-state index in [1.165, 1.54) is 0 Å². The molecule has 2 heterocycles. The minimum absolute atomic E-state index is 0.422. The third-order valence-electron chi connectivity index (χ3n) is 2.91. The highest BCUT2D eigenvalue weighted by Crippen LogP contribution is 2.27. The van der Waals surface area contributed by atoms with Crippen molar-refractivity contribution in [2.75, 3.05) is 11.9 Å². The van der Waals surface area contributed by atoms with Gasteiger partial charge < -0.3 is 10.4 Å². The average molecular weight is 285 g/mol. The Bertz CT molecular complexity index is 710. The van der Waals surface area contributed by atoms with Gasteiger partial charge in [0.1, 0.15) is 5.82 Å². The summed E-state index contributed by atoms with van der Waals surface area (Å²) in [5.41, 5.74) is 0.902. The van der Waals surface area contributed by atoms with Crippen LogP contribution < -0.4 is 5.32 Å². The molecule has 2 N–H and O–H groups in total. The molecule has 0 aliphatic heterocycles. The first-order valence-corrected chi connectivity index (χ1v) is 7.34. The number of aliphatic hydroxyl groups excluding tert-OH is 1. The van der Waals surface area contributed by atoms with Crippen molar-refractivity contribution in [3.63, 3.8) is 0 Å². The number of hydrogen-bond acceptors (Lipinski definition) is 5. The van der Waals surface area contributed by atoms with Crippen LogP contribution in [-0.2, 0) is 0 Å². The van der Waals surface area contributed by atoms with Crippen molar-refractivity contribution in [2.45, 2.75) is 13.0 Å². The fourth-order valence-electron chi connectivity index (χ4n) is 1.97. The fourth-order valence-corrected chi connectivity index (χ4v) is 2.63. The number of benzene rings is 1. The van der Waals surface area contributed by atoms with Crippen LogP contribution >= 0.6 is 11.3 Å². The smallest absolute Gasteiger partial charge is 0.172 e. The Morgan fingerprint density at radius 1 is 1.20 bits per heavy atom. The van der Waals surface area contributed by atoms with E-state index in [1.54, 1.807) is 18.3 Å². The van der Waals surface area contributed by atoms with Crippen LogP contribution in [0, 0.1) is 0 Å². The van der Waals surface area contributed by atoms with Gasteiger partial charge in [0.25, 0.3) is 0 Å². The summed E-state index contributed by atoms with van der Waals surface area (Å²) in [4.78, 5) is 10.2.